The molecule has 0 radical (unpaired) electrons. The molecule has 0 aliphatic heterocycles. The summed E-state index contributed by atoms with van der Waals surface area (Å²) in [7, 11) is 1.87. The molecule has 174 valence electrons. The fourth-order valence-electron chi connectivity index (χ4n) is 3.77. The van der Waals surface area contributed by atoms with Crippen molar-refractivity contribution in [2.45, 2.75) is 6.92 Å². The van der Waals surface area contributed by atoms with Crippen molar-refractivity contribution in [3.63, 3.8) is 0 Å². The van der Waals surface area contributed by atoms with Gasteiger partial charge in [-0.2, -0.15) is 5.10 Å². The monoisotopic (exact) mass is 591 g/mol. The Hall–Kier alpha value is -3.50. The van der Waals surface area contributed by atoms with E-state index in [0.29, 0.717) is 10.5 Å². The lowest BCUT2D eigenvalue weighted by molar-refractivity contribution is 0.630. The fourth-order valence-corrected chi connectivity index (χ4v) is 5.14. The van der Waals surface area contributed by atoms with E-state index in [0.717, 1.165) is 31.8 Å². The van der Waals surface area contributed by atoms with Crippen LogP contribution < -0.4 is 10.4 Å². The van der Waals surface area contributed by atoms with Gasteiger partial charge in [0, 0.05) is 27.1 Å². The van der Waals surface area contributed by atoms with Crippen LogP contribution >= 0.6 is 33.9 Å². The summed E-state index contributed by atoms with van der Waals surface area (Å²) in [6, 6.07) is 27.7. The topological polar surface area (TPSA) is 56.6 Å². The predicted octanol–water partition coefficient (Wildman–Crippen LogP) is 5.73. The predicted molar refractivity (Wildman–Crippen MR) is 151 cm³/mol. The number of para-hydroxylation sites is 1. The van der Waals surface area contributed by atoms with Crippen LogP contribution in [0.1, 0.15) is 11.3 Å². The van der Waals surface area contributed by atoms with Gasteiger partial charge in [-0.1, -0.05) is 66.7 Å². The molecule has 8 heteroatoms. The van der Waals surface area contributed by atoms with Gasteiger partial charge in [0.2, 0.25) is 4.80 Å². The van der Waals surface area contributed by atoms with Crippen molar-refractivity contribution in [3.8, 4) is 16.9 Å². The summed E-state index contributed by atoms with van der Waals surface area (Å²) in [5.74, 6) is 0. The first-order chi connectivity index (χ1) is 17.0. The van der Waals surface area contributed by atoms with E-state index in [2.05, 4.69) is 22.6 Å². The Balaban J connectivity index is 1.70. The Morgan fingerprint density at radius 1 is 0.914 bits per heavy atom. The Morgan fingerprint density at radius 3 is 2.29 bits per heavy atom. The molecule has 0 atom stereocenters. The zero-order valence-electron chi connectivity index (χ0n) is 19.2. The van der Waals surface area contributed by atoms with Gasteiger partial charge in [0.15, 0.2) is 5.69 Å². The Kier molecular flexibility index (Phi) is 6.65. The third-order valence-electron chi connectivity index (χ3n) is 5.70. The summed E-state index contributed by atoms with van der Waals surface area (Å²) in [4.78, 5) is 18.9. The molecule has 3 aromatic carbocycles. The number of rotatable bonds is 5. The first kappa shape index (κ1) is 23.3. The maximum absolute atomic E-state index is 13.4. The maximum Gasteiger partial charge on any atom is 0.297 e. The molecule has 2 heterocycles. The van der Waals surface area contributed by atoms with Crippen molar-refractivity contribution in [1.29, 1.82) is 0 Å². The third-order valence-corrected chi connectivity index (χ3v) is 7.50. The summed E-state index contributed by atoms with van der Waals surface area (Å²) >= 11 is 3.76. The van der Waals surface area contributed by atoms with Crippen molar-refractivity contribution >= 4 is 45.8 Å². The highest BCUT2D eigenvalue weighted by Gasteiger charge is 2.16. The minimum absolute atomic E-state index is 0.168. The van der Waals surface area contributed by atoms with Crippen molar-refractivity contribution in [2.75, 3.05) is 0 Å². The highest BCUT2D eigenvalue weighted by atomic mass is 127. The summed E-state index contributed by atoms with van der Waals surface area (Å²) in [6.07, 6.45) is 1.83. The second kappa shape index (κ2) is 10.0. The number of halogens is 1. The zero-order chi connectivity index (χ0) is 24.4. The molecule has 0 spiro atoms. The van der Waals surface area contributed by atoms with Crippen molar-refractivity contribution < 1.29 is 0 Å². The van der Waals surface area contributed by atoms with Crippen LogP contribution in [0.2, 0.25) is 0 Å². The number of thiazole rings is 1. The van der Waals surface area contributed by atoms with Gasteiger partial charge in [-0.15, -0.1) is 11.3 Å². The van der Waals surface area contributed by atoms with Crippen LogP contribution in [0.15, 0.2) is 105 Å². The van der Waals surface area contributed by atoms with Crippen LogP contribution in [0.25, 0.3) is 16.9 Å². The van der Waals surface area contributed by atoms with Gasteiger partial charge in [-0.25, -0.2) is 14.4 Å². The molecule has 5 rings (SSSR count). The Bertz CT molecular complexity index is 1640. The zero-order valence-corrected chi connectivity index (χ0v) is 22.1. The lowest BCUT2D eigenvalue weighted by Gasteiger charge is -2.07. The van der Waals surface area contributed by atoms with Crippen LogP contribution in [-0.2, 0) is 7.05 Å². The maximum atomic E-state index is 13.4. The second-order valence-electron chi connectivity index (χ2n) is 7.87. The van der Waals surface area contributed by atoms with Crippen LogP contribution in [0.4, 0.5) is 5.69 Å². The van der Waals surface area contributed by atoms with Crippen LogP contribution in [0.3, 0.4) is 0 Å². The molecule has 5 aromatic rings. The quantitative estimate of drug-likeness (QED) is 0.190. The number of hydrogen-bond donors (Lipinski definition) is 0. The number of hydrogen-bond acceptors (Lipinski definition) is 4. The van der Waals surface area contributed by atoms with Gasteiger partial charge in [0.05, 0.1) is 23.3 Å². The van der Waals surface area contributed by atoms with Crippen molar-refractivity contribution in [1.82, 2.24) is 14.0 Å². The minimum Gasteiger partial charge on any atom is -0.283 e. The molecule has 0 saturated heterocycles. The summed E-state index contributed by atoms with van der Waals surface area (Å²) in [6.45, 7) is 1.91. The lowest BCUT2D eigenvalue weighted by atomic mass is 10.2. The van der Waals surface area contributed by atoms with E-state index in [1.165, 1.54) is 11.3 Å². The molecule has 0 N–H and O–H groups in total. The van der Waals surface area contributed by atoms with Gasteiger partial charge in [-0.05, 0) is 47.7 Å². The van der Waals surface area contributed by atoms with Gasteiger partial charge in [0.25, 0.3) is 5.56 Å². The number of benzene rings is 3. The van der Waals surface area contributed by atoms with Gasteiger partial charge < -0.3 is 0 Å². The summed E-state index contributed by atoms with van der Waals surface area (Å²) in [5, 5.41) is 6.83. The van der Waals surface area contributed by atoms with E-state index in [9.17, 15) is 4.79 Å². The van der Waals surface area contributed by atoms with Crippen LogP contribution in [-0.4, -0.2) is 20.3 Å². The standard InChI is InChI=1S/C27H22IN5OS/c1-19-25(26(34)33(31(19)2)22-14-7-4-8-15-22)30-27-32(29-17-21-13-9-10-16-23(21)28)24(18-35-27)20-11-5-3-6-12-20/h3-18H,1-2H3. The molecule has 0 unspecified atom stereocenters. The average Bonchev–Trinajstić information content (AvgIpc) is 3.38. The highest BCUT2D eigenvalue weighted by molar-refractivity contribution is 14.1. The Morgan fingerprint density at radius 2 is 1.57 bits per heavy atom. The van der Waals surface area contributed by atoms with E-state index >= 15 is 0 Å². The third kappa shape index (κ3) is 4.59. The van der Waals surface area contributed by atoms with E-state index in [1.807, 2.05) is 120 Å². The molecular formula is C27H22IN5OS. The molecule has 0 amide bonds. The van der Waals surface area contributed by atoms with E-state index in [4.69, 9.17) is 10.1 Å². The van der Waals surface area contributed by atoms with E-state index in [1.54, 1.807) is 4.68 Å². The van der Waals surface area contributed by atoms with Crippen LogP contribution in [0, 0.1) is 10.5 Å². The van der Waals surface area contributed by atoms with Crippen molar-refractivity contribution in [3.05, 3.63) is 120 Å². The molecule has 0 saturated carbocycles. The summed E-state index contributed by atoms with van der Waals surface area (Å²) in [5.41, 5.74) is 4.76. The van der Waals surface area contributed by atoms with Gasteiger partial charge in [0.1, 0.15) is 0 Å². The number of nitrogens with zero attached hydrogens (tertiary/aromatic N) is 5. The molecule has 0 bridgehead atoms. The second-order valence-corrected chi connectivity index (χ2v) is 9.87. The minimum atomic E-state index is -0.168. The molecule has 0 aliphatic carbocycles. The smallest absolute Gasteiger partial charge is 0.283 e. The molecule has 0 fully saturated rings. The summed E-state index contributed by atoms with van der Waals surface area (Å²) < 4.78 is 6.39. The molecule has 35 heavy (non-hydrogen) atoms. The molecule has 2 aromatic heterocycles. The van der Waals surface area contributed by atoms with Crippen LogP contribution in [0.5, 0.6) is 0 Å². The van der Waals surface area contributed by atoms with E-state index < -0.39 is 0 Å². The average molecular weight is 591 g/mol. The molecule has 0 aliphatic rings. The van der Waals surface area contributed by atoms with Gasteiger partial charge in [-0.3, -0.25) is 9.48 Å². The normalized spacial score (nSPS) is 12.0. The Labute approximate surface area is 220 Å². The lowest BCUT2D eigenvalue weighted by Crippen LogP contribution is -2.19. The highest BCUT2D eigenvalue weighted by Crippen LogP contribution is 2.22. The van der Waals surface area contributed by atoms with Crippen molar-refractivity contribution in [2.24, 2.45) is 17.1 Å². The van der Waals surface area contributed by atoms with Gasteiger partial charge >= 0.3 is 0 Å². The fraction of sp³-hybridized carbons (Fsp3) is 0.0741. The van der Waals surface area contributed by atoms with E-state index in [-0.39, 0.29) is 5.56 Å². The first-order valence-corrected chi connectivity index (χ1v) is 12.9. The first-order valence-electron chi connectivity index (χ1n) is 11.0. The SMILES string of the molecule is Cc1c(N=c2scc(-c3ccccc3)n2N=Cc2ccccc2I)c(=O)n(-c2ccccc2)n1C. The largest absolute Gasteiger partial charge is 0.297 e. The molecule has 6 nitrogen and oxygen atoms in total. The molecular weight excluding hydrogens is 569 g/mol. The number of aromatic nitrogens is 3.